The van der Waals surface area contributed by atoms with Gasteiger partial charge in [-0.15, -0.1) is 0 Å². The molecule has 0 aliphatic rings. The van der Waals surface area contributed by atoms with Crippen LogP contribution in [-0.2, 0) is 14.6 Å². The Bertz CT molecular complexity index is 1150. The van der Waals surface area contributed by atoms with Crippen molar-refractivity contribution in [3.05, 3.63) is 54.4 Å². The number of pyridine rings is 1. The first kappa shape index (κ1) is 23.2. The molecule has 170 valence electrons. The first-order chi connectivity index (χ1) is 15.3. The molecular formula is C21H24N4O6S. The molecule has 11 heteroatoms. The van der Waals surface area contributed by atoms with E-state index in [0.29, 0.717) is 29.7 Å². The summed E-state index contributed by atoms with van der Waals surface area (Å²) in [5.41, 5.74) is 0.287. The lowest BCUT2D eigenvalue weighted by Gasteiger charge is -2.16. The molecule has 0 saturated heterocycles. The van der Waals surface area contributed by atoms with E-state index < -0.39 is 15.7 Å². The van der Waals surface area contributed by atoms with E-state index in [9.17, 15) is 13.2 Å². The maximum atomic E-state index is 12.7. The number of aromatic nitrogens is 3. The molecule has 3 aromatic rings. The van der Waals surface area contributed by atoms with Gasteiger partial charge in [0.2, 0.25) is 0 Å². The highest BCUT2D eigenvalue weighted by Crippen LogP contribution is 2.29. The van der Waals surface area contributed by atoms with Gasteiger partial charge in [0.05, 0.1) is 24.8 Å². The summed E-state index contributed by atoms with van der Waals surface area (Å²) < 4.78 is 40.6. The Balaban J connectivity index is 1.87. The number of carbonyl (C=O) groups is 1. The lowest BCUT2D eigenvalue weighted by atomic mass is 10.2. The van der Waals surface area contributed by atoms with Crippen LogP contribution in [0.15, 0.2) is 53.8 Å². The molecule has 0 aliphatic carbocycles. The molecule has 1 aromatic carbocycles. The molecule has 32 heavy (non-hydrogen) atoms. The van der Waals surface area contributed by atoms with Gasteiger partial charge < -0.3 is 19.5 Å². The van der Waals surface area contributed by atoms with Crippen molar-refractivity contribution in [2.24, 2.45) is 0 Å². The van der Waals surface area contributed by atoms with Crippen LogP contribution in [0.25, 0.3) is 0 Å². The minimum absolute atomic E-state index is 0.0301. The third kappa shape index (κ3) is 6.05. The zero-order chi connectivity index (χ0) is 23.1. The Morgan fingerprint density at radius 3 is 2.56 bits per heavy atom. The van der Waals surface area contributed by atoms with Crippen molar-refractivity contribution in [1.29, 1.82) is 0 Å². The fourth-order valence-corrected chi connectivity index (χ4v) is 3.53. The topological polar surface area (TPSA) is 132 Å². The van der Waals surface area contributed by atoms with Crippen molar-refractivity contribution in [1.82, 2.24) is 15.2 Å². The average molecular weight is 461 g/mol. The molecule has 2 N–H and O–H groups in total. The maximum Gasteiger partial charge on any atom is 0.257 e. The second kappa shape index (κ2) is 10.2. The highest BCUT2D eigenvalue weighted by atomic mass is 32.2. The van der Waals surface area contributed by atoms with Crippen LogP contribution in [0, 0.1) is 0 Å². The molecule has 0 fully saturated rings. The molecule has 1 amide bonds. The van der Waals surface area contributed by atoms with Crippen LogP contribution in [0.5, 0.6) is 17.2 Å². The minimum Gasteiger partial charge on any atom is -0.488 e. The monoisotopic (exact) mass is 460 g/mol. The zero-order valence-electron chi connectivity index (χ0n) is 17.9. The van der Waals surface area contributed by atoms with Crippen LogP contribution < -0.4 is 14.8 Å². The van der Waals surface area contributed by atoms with Crippen LogP contribution in [0.3, 0.4) is 0 Å². The molecule has 0 radical (unpaired) electrons. The second-order valence-electron chi connectivity index (χ2n) is 6.84. The van der Waals surface area contributed by atoms with E-state index in [0.717, 1.165) is 0 Å². The van der Waals surface area contributed by atoms with E-state index in [2.05, 4.69) is 20.5 Å². The number of nitrogens with zero attached hydrogens (tertiary/aromatic N) is 2. The molecule has 1 atom stereocenters. The molecule has 2 aromatic heterocycles. The Labute approximate surface area is 185 Å². The summed E-state index contributed by atoms with van der Waals surface area (Å²) in [5.74, 6) is 1.02. The van der Waals surface area contributed by atoms with Crippen LogP contribution in [0.1, 0.15) is 24.2 Å². The normalized spacial score (nSPS) is 12.2. The van der Waals surface area contributed by atoms with Gasteiger partial charge in [-0.05, 0) is 31.2 Å². The summed E-state index contributed by atoms with van der Waals surface area (Å²) in [6, 6.07) is 9.24. The minimum atomic E-state index is -3.42. The first-order valence-corrected chi connectivity index (χ1v) is 11.4. The van der Waals surface area contributed by atoms with Crippen LogP contribution in [-0.4, -0.2) is 55.1 Å². The summed E-state index contributed by atoms with van der Waals surface area (Å²) in [6.45, 7) is 3.74. The number of nitrogens with one attached hydrogen (secondary N) is 2. The van der Waals surface area contributed by atoms with Crippen molar-refractivity contribution in [2.75, 3.05) is 24.8 Å². The number of benzene rings is 1. The number of sulfone groups is 1. The summed E-state index contributed by atoms with van der Waals surface area (Å²) in [5, 5.41) is 9.12. The van der Waals surface area contributed by atoms with E-state index in [-0.39, 0.29) is 22.4 Å². The second-order valence-corrected chi connectivity index (χ2v) is 9.06. The highest BCUT2D eigenvalue weighted by Gasteiger charge is 2.15. The van der Waals surface area contributed by atoms with E-state index in [1.54, 1.807) is 32.2 Å². The van der Waals surface area contributed by atoms with Crippen molar-refractivity contribution < 1.29 is 27.4 Å². The van der Waals surface area contributed by atoms with Crippen molar-refractivity contribution >= 4 is 21.6 Å². The van der Waals surface area contributed by atoms with Gasteiger partial charge in [0.15, 0.2) is 14.9 Å². The highest BCUT2D eigenvalue weighted by molar-refractivity contribution is 7.91. The third-order valence-corrected chi connectivity index (χ3v) is 5.91. The third-order valence-electron chi connectivity index (χ3n) is 4.27. The van der Waals surface area contributed by atoms with Crippen molar-refractivity contribution in [2.45, 2.75) is 25.0 Å². The van der Waals surface area contributed by atoms with Gasteiger partial charge in [-0.1, -0.05) is 6.92 Å². The Hall–Kier alpha value is -3.44. The number of hydrogen-bond donors (Lipinski definition) is 2. The SMILES string of the molecule is CCS(=O)(=O)c1ccc(Oc2cc(OC(C)COC)cc(C(=O)Nc3ccn[nH]3)c2)cn1. The number of hydrogen-bond acceptors (Lipinski definition) is 8. The van der Waals surface area contributed by atoms with Gasteiger partial charge in [0, 0.05) is 24.8 Å². The molecular weight excluding hydrogens is 436 g/mol. The predicted octanol–water partition coefficient (Wildman–Crippen LogP) is 3.06. The summed E-state index contributed by atoms with van der Waals surface area (Å²) in [6.07, 6.45) is 2.57. The number of anilines is 1. The standard InChI is InChI=1S/C21H24N4O6S/c1-4-32(27,28)20-6-5-16(12-22-20)31-18-10-15(21(26)24-19-7-8-23-25-19)9-17(11-18)30-14(2)13-29-3/h5-12,14H,4,13H2,1-3H3,(H2,23,24,25,26). The number of H-pyrrole nitrogens is 1. The summed E-state index contributed by atoms with van der Waals surface area (Å²) >= 11 is 0. The van der Waals surface area contributed by atoms with E-state index in [4.69, 9.17) is 14.2 Å². The van der Waals surface area contributed by atoms with Crippen molar-refractivity contribution in [3.63, 3.8) is 0 Å². The molecule has 10 nitrogen and oxygen atoms in total. The predicted molar refractivity (Wildman–Crippen MR) is 117 cm³/mol. The number of aromatic amines is 1. The number of carbonyl (C=O) groups excluding carboxylic acids is 1. The molecule has 0 spiro atoms. The first-order valence-electron chi connectivity index (χ1n) is 9.78. The lowest BCUT2D eigenvalue weighted by molar-refractivity contribution is 0.0915. The quantitative estimate of drug-likeness (QED) is 0.472. The van der Waals surface area contributed by atoms with Crippen LogP contribution in [0.4, 0.5) is 5.82 Å². The van der Waals surface area contributed by atoms with Gasteiger partial charge in [-0.3, -0.25) is 9.89 Å². The fraction of sp³-hybridized carbons (Fsp3) is 0.286. The van der Waals surface area contributed by atoms with Gasteiger partial charge >= 0.3 is 0 Å². The van der Waals surface area contributed by atoms with E-state index >= 15 is 0 Å². The zero-order valence-corrected chi connectivity index (χ0v) is 18.7. The number of methoxy groups -OCH3 is 1. The van der Waals surface area contributed by atoms with E-state index in [1.807, 2.05) is 6.92 Å². The van der Waals surface area contributed by atoms with Gasteiger partial charge in [-0.25, -0.2) is 13.4 Å². The maximum absolute atomic E-state index is 12.7. The average Bonchev–Trinajstić information content (AvgIpc) is 3.27. The van der Waals surface area contributed by atoms with Crippen LogP contribution >= 0.6 is 0 Å². The Morgan fingerprint density at radius 2 is 1.94 bits per heavy atom. The molecule has 2 heterocycles. The summed E-state index contributed by atoms with van der Waals surface area (Å²) in [4.78, 5) is 16.7. The van der Waals surface area contributed by atoms with Crippen molar-refractivity contribution in [3.8, 4) is 17.2 Å². The number of rotatable bonds is 10. The van der Waals surface area contributed by atoms with Crippen LogP contribution in [0.2, 0.25) is 0 Å². The lowest BCUT2D eigenvalue weighted by Crippen LogP contribution is -2.18. The molecule has 1 unspecified atom stereocenters. The number of ether oxygens (including phenoxy) is 3. The Morgan fingerprint density at radius 1 is 1.16 bits per heavy atom. The smallest absolute Gasteiger partial charge is 0.257 e. The van der Waals surface area contributed by atoms with Gasteiger partial charge in [0.25, 0.3) is 5.91 Å². The number of amides is 1. The van der Waals surface area contributed by atoms with Gasteiger partial charge in [0.1, 0.15) is 29.2 Å². The molecule has 0 aliphatic heterocycles. The van der Waals surface area contributed by atoms with Gasteiger partial charge in [-0.2, -0.15) is 5.10 Å². The summed E-state index contributed by atoms with van der Waals surface area (Å²) in [7, 11) is -1.85. The largest absolute Gasteiger partial charge is 0.488 e. The van der Waals surface area contributed by atoms with E-state index in [1.165, 1.54) is 30.6 Å². The fourth-order valence-electron chi connectivity index (χ4n) is 2.75. The molecule has 0 bridgehead atoms. The molecule has 0 saturated carbocycles. The molecule has 3 rings (SSSR count). The Kier molecular flexibility index (Phi) is 7.44.